The van der Waals surface area contributed by atoms with E-state index in [1.165, 1.54) is 11.3 Å². The number of aliphatic hydroxyl groups excluding tert-OH is 1. The summed E-state index contributed by atoms with van der Waals surface area (Å²) in [6.07, 6.45) is 2.48. The Morgan fingerprint density at radius 2 is 2.14 bits per heavy atom. The largest absolute Gasteiger partial charge is 0.510 e. The van der Waals surface area contributed by atoms with E-state index in [9.17, 15) is 5.11 Å². The molecule has 2 N–H and O–H groups in total. The molecular weight excluding hydrogens is 372 g/mol. The van der Waals surface area contributed by atoms with Crippen molar-refractivity contribution in [1.29, 1.82) is 5.41 Å². The molecular formula is C21H20N4O2S. The highest BCUT2D eigenvalue weighted by molar-refractivity contribution is 7.11. The number of rotatable bonds is 6. The summed E-state index contributed by atoms with van der Waals surface area (Å²) in [6, 6.07) is 13.5. The van der Waals surface area contributed by atoms with Crippen LogP contribution in [0.4, 0.5) is 0 Å². The van der Waals surface area contributed by atoms with Gasteiger partial charge in [-0.25, -0.2) is 4.98 Å². The molecule has 7 heteroatoms. The number of ether oxygens (including phenoxy) is 1. The highest BCUT2D eigenvalue weighted by Gasteiger charge is 2.30. The lowest BCUT2D eigenvalue weighted by atomic mass is 10.1. The standard InChI is InChI=1S/C21H20N4O2S/c1-27-16-7-4-5-14(11-16)17-13-28-21(24-17)19-18(26)12-25(20(19)22)10-8-15-6-2-3-9-23-15/h2-7,9,11,13,22,26H,8,10,12H2,1H3. The van der Waals surface area contributed by atoms with Gasteiger partial charge in [-0.05, 0) is 24.3 Å². The molecule has 6 nitrogen and oxygen atoms in total. The van der Waals surface area contributed by atoms with Gasteiger partial charge in [-0.2, -0.15) is 0 Å². The number of amidine groups is 1. The molecule has 0 atom stereocenters. The number of hydrogen-bond donors (Lipinski definition) is 2. The van der Waals surface area contributed by atoms with Gasteiger partial charge in [-0.1, -0.05) is 18.2 Å². The second-order valence-corrected chi connectivity index (χ2v) is 7.29. The monoisotopic (exact) mass is 392 g/mol. The Hall–Kier alpha value is -3.19. The number of benzene rings is 1. The molecule has 0 fully saturated rings. The second kappa shape index (κ2) is 7.82. The first kappa shape index (κ1) is 18.2. The first-order valence-corrected chi connectivity index (χ1v) is 9.80. The zero-order valence-corrected chi connectivity index (χ0v) is 16.2. The predicted octanol–water partition coefficient (Wildman–Crippen LogP) is 4.02. The van der Waals surface area contributed by atoms with E-state index in [-0.39, 0.29) is 5.76 Å². The number of thiazole rings is 1. The average molecular weight is 392 g/mol. The molecule has 28 heavy (non-hydrogen) atoms. The van der Waals surface area contributed by atoms with E-state index in [0.717, 1.165) is 29.1 Å². The summed E-state index contributed by atoms with van der Waals surface area (Å²) >= 11 is 1.43. The molecule has 3 aromatic rings. The number of aromatic nitrogens is 2. The average Bonchev–Trinajstić information content (AvgIpc) is 3.31. The Bertz CT molecular complexity index is 1030. The maximum Gasteiger partial charge on any atom is 0.135 e. The number of pyridine rings is 1. The van der Waals surface area contributed by atoms with E-state index in [2.05, 4.69) is 9.97 Å². The third-order valence-corrected chi connectivity index (χ3v) is 5.49. The number of aliphatic hydroxyl groups is 1. The van der Waals surface area contributed by atoms with Crippen molar-refractivity contribution < 1.29 is 9.84 Å². The quantitative estimate of drug-likeness (QED) is 0.662. The van der Waals surface area contributed by atoms with Crippen LogP contribution in [0.3, 0.4) is 0 Å². The van der Waals surface area contributed by atoms with E-state index in [4.69, 9.17) is 10.1 Å². The highest BCUT2D eigenvalue weighted by Crippen LogP contribution is 2.33. The minimum atomic E-state index is 0.192. The Kier molecular flexibility index (Phi) is 5.08. The van der Waals surface area contributed by atoms with Crippen molar-refractivity contribution in [1.82, 2.24) is 14.9 Å². The fraction of sp³-hybridized carbons (Fsp3) is 0.190. The van der Waals surface area contributed by atoms with Gasteiger partial charge in [0, 0.05) is 35.8 Å². The topological polar surface area (TPSA) is 82.3 Å². The van der Waals surface area contributed by atoms with E-state index >= 15 is 0 Å². The molecule has 3 heterocycles. The summed E-state index contributed by atoms with van der Waals surface area (Å²) in [5.41, 5.74) is 3.23. The zero-order chi connectivity index (χ0) is 19.5. The number of nitrogens with zero attached hydrogens (tertiary/aromatic N) is 3. The van der Waals surface area contributed by atoms with Crippen molar-refractivity contribution >= 4 is 22.7 Å². The molecule has 0 radical (unpaired) electrons. The fourth-order valence-corrected chi connectivity index (χ4v) is 4.04. The third-order valence-electron chi connectivity index (χ3n) is 4.63. The highest BCUT2D eigenvalue weighted by atomic mass is 32.1. The van der Waals surface area contributed by atoms with Gasteiger partial charge in [0.2, 0.25) is 0 Å². The van der Waals surface area contributed by atoms with Crippen LogP contribution in [0.15, 0.2) is 59.8 Å². The van der Waals surface area contributed by atoms with Gasteiger partial charge in [0.1, 0.15) is 22.4 Å². The third kappa shape index (κ3) is 3.61. The Labute approximate surface area is 167 Å². The molecule has 1 aromatic carbocycles. The predicted molar refractivity (Wildman–Crippen MR) is 111 cm³/mol. The van der Waals surface area contributed by atoms with Crippen molar-refractivity contribution in [2.75, 3.05) is 20.2 Å². The number of methoxy groups -OCH3 is 1. The molecule has 0 bridgehead atoms. The number of hydrogen-bond acceptors (Lipinski definition) is 6. The zero-order valence-electron chi connectivity index (χ0n) is 15.4. The summed E-state index contributed by atoms with van der Waals surface area (Å²) in [6.45, 7) is 0.951. The minimum absolute atomic E-state index is 0.192. The first-order valence-electron chi connectivity index (χ1n) is 8.92. The van der Waals surface area contributed by atoms with Gasteiger partial charge in [0.25, 0.3) is 0 Å². The molecule has 4 rings (SSSR count). The van der Waals surface area contributed by atoms with Crippen LogP contribution in [0.2, 0.25) is 0 Å². The maximum atomic E-state index is 10.5. The smallest absolute Gasteiger partial charge is 0.135 e. The van der Waals surface area contributed by atoms with E-state index in [1.807, 2.05) is 52.7 Å². The summed E-state index contributed by atoms with van der Waals surface area (Å²) in [5, 5.41) is 21.6. The summed E-state index contributed by atoms with van der Waals surface area (Å²) in [5.74, 6) is 1.26. The van der Waals surface area contributed by atoms with Crippen molar-refractivity contribution in [3.8, 4) is 17.0 Å². The van der Waals surface area contributed by atoms with Gasteiger partial charge < -0.3 is 14.7 Å². The summed E-state index contributed by atoms with van der Waals surface area (Å²) < 4.78 is 5.27. The molecule has 1 aliphatic heterocycles. The van der Waals surface area contributed by atoms with Crippen molar-refractivity contribution in [2.45, 2.75) is 6.42 Å². The second-order valence-electron chi connectivity index (χ2n) is 6.43. The maximum absolute atomic E-state index is 10.5. The Morgan fingerprint density at radius 3 is 2.93 bits per heavy atom. The van der Waals surface area contributed by atoms with E-state index in [0.29, 0.717) is 29.5 Å². The summed E-state index contributed by atoms with van der Waals surface area (Å²) in [7, 11) is 1.63. The van der Waals surface area contributed by atoms with Crippen molar-refractivity contribution in [3.63, 3.8) is 0 Å². The van der Waals surface area contributed by atoms with Crippen LogP contribution in [0, 0.1) is 5.41 Å². The lowest BCUT2D eigenvalue weighted by molar-refractivity contribution is 0.351. The minimum Gasteiger partial charge on any atom is -0.510 e. The van der Waals surface area contributed by atoms with Crippen LogP contribution in [-0.2, 0) is 6.42 Å². The van der Waals surface area contributed by atoms with Crippen LogP contribution < -0.4 is 4.74 Å². The molecule has 0 saturated heterocycles. The van der Waals surface area contributed by atoms with Gasteiger partial charge in [-0.3, -0.25) is 10.4 Å². The van der Waals surface area contributed by atoms with Crippen LogP contribution in [0.5, 0.6) is 5.75 Å². The molecule has 0 unspecified atom stereocenters. The summed E-state index contributed by atoms with van der Waals surface area (Å²) in [4.78, 5) is 10.8. The Balaban J connectivity index is 1.50. The molecule has 1 aliphatic rings. The molecule has 0 saturated carbocycles. The van der Waals surface area contributed by atoms with Gasteiger partial charge in [-0.15, -0.1) is 11.3 Å². The van der Waals surface area contributed by atoms with Gasteiger partial charge >= 0.3 is 0 Å². The van der Waals surface area contributed by atoms with E-state index < -0.39 is 0 Å². The fourth-order valence-electron chi connectivity index (χ4n) is 3.15. The van der Waals surface area contributed by atoms with Crippen molar-refractivity contribution in [2.24, 2.45) is 0 Å². The van der Waals surface area contributed by atoms with Crippen LogP contribution >= 0.6 is 11.3 Å². The van der Waals surface area contributed by atoms with Crippen LogP contribution in [-0.4, -0.2) is 46.0 Å². The molecule has 142 valence electrons. The molecule has 0 amide bonds. The molecule has 0 aliphatic carbocycles. The molecule has 2 aromatic heterocycles. The van der Waals surface area contributed by atoms with Gasteiger partial charge in [0.05, 0.1) is 24.9 Å². The lowest BCUT2D eigenvalue weighted by Crippen LogP contribution is -2.29. The van der Waals surface area contributed by atoms with Crippen molar-refractivity contribution in [3.05, 3.63) is 70.5 Å². The normalized spacial score (nSPS) is 14.0. The Morgan fingerprint density at radius 1 is 1.25 bits per heavy atom. The van der Waals surface area contributed by atoms with E-state index in [1.54, 1.807) is 13.3 Å². The van der Waals surface area contributed by atoms with Crippen LogP contribution in [0.25, 0.3) is 16.8 Å². The number of nitrogens with one attached hydrogen (secondary N) is 1. The lowest BCUT2D eigenvalue weighted by Gasteiger charge is -2.17. The first-order chi connectivity index (χ1) is 13.7. The SMILES string of the molecule is COc1cccc(-c2csc(C3=C(O)CN(CCc4ccccn4)C3=N)n2)c1. The van der Waals surface area contributed by atoms with Gasteiger partial charge in [0.15, 0.2) is 0 Å². The molecule has 0 spiro atoms. The van der Waals surface area contributed by atoms with Crippen LogP contribution in [0.1, 0.15) is 10.7 Å².